The van der Waals surface area contributed by atoms with E-state index in [-0.39, 0.29) is 17.2 Å². The summed E-state index contributed by atoms with van der Waals surface area (Å²) in [5.74, 6) is -0.416. The Morgan fingerprint density at radius 3 is 2.25 bits per heavy atom. The van der Waals surface area contributed by atoms with Crippen LogP contribution < -0.4 is 4.18 Å². The van der Waals surface area contributed by atoms with Gasteiger partial charge in [-0.1, -0.05) is 12.1 Å². The summed E-state index contributed by atoms with van der Waals surface area (Å²) in [7, 11) is -2.28. The molecular weight excluding hydrogens is 378 g/mol. The molecule has 8 heteroatoms. The van der Waals surface area contributed by atoms with Crippen molar-refractivity contribution in [3.8, 4) is 5.88 Å². The van der Waals surface area contributed by atoms with E-state index in [0.717, 1.165) is 39.5 Å². The van der Waals surface area contributed by atoms with E-state index in [4.69, 9.17) is 4.18 Å². The fourth-order valence-electron chi connectivity index (χ4n) is 3.60. The summed E-state index contributed by atoms with van der Waals surface area (Å²) in [6.45, 7) is 9.40. The molecule has 7 nitrogen and oxygen atoms in total. The Morgan fingerprint density at radius 2 is 1.64 bits per heavy atom. The average Bonchev–Trinajstić information content (AvgIpc) is 2.83. The fraction of sp³-hybridized carbons (Fsp3) is 0.350. The maximum Gasteiger partial charge on any atom is 0.307 e. The van der Waals surface area contributed by atoms with Crippen LogP contribution in [0.15, 0.2) is 12.1 Å². The van der Waals surface area contributed by atoms with Crippen molar-refractivity contribution in [2.45, 2.75) is 34.6 Å². The van der Waals surface area contributed by atoms with E-state index < -0.39 is 10.1 Å². The summed E-state index contributed by atoms with van der Waals surface area (Å²) in [5.41, 5.74) is 4.65. The number of aryl methyl sites for hydroxylation is 6. The third kappa shape index (κ3) is 3.28. The van der Waals surface area contributed by atoms with Gasteiger partial charge in [0.1, 0.15) is 5.56 Å². The van der Waals surface area contributed by atoms with Crippen molar-refractivity contribution in [2.75, 3.05) is 6.26 Å². The van der Waals surface area contributed by atoms with E-state index in [1.54, 1.807) is 20.0 Å². The molecule has 1 aromatic carbocycles. The van der Waals surface area contributed by atoms with Gasteiger partial charge in [-0.15, -0.1) is 0 Å². The SMILES string of the molecule is Cc1nn(C)c(OS(C)(=O)=O)c1C(=O)c1ccc(C)c2c(C)nc(C)c(C)c12. The molecule has 3 rings (SSSR count). The van der Waals surface area contributed by atoms with Crippen LogP contribution in [0.4, 0.5) is 0 Å². The van der Waals surface area contributed by atoms with Crippen LogP contribution in [0.25, 0.3) is 10.8 Å². The second-order valence-electron chi connectivity index (χ2n) is 7.09. The lowest BCUT2D eigenvalue weighted by Crippen LogP contribution is -2.13. The number of pyridine rings is 1. The summed E-state index contributed by atoms with van der Waals surface area (Å²) in [5, 5.41) is 5.95. The molecule has 0 bridgehead atoms. The predicted octanol–water partition coefficient (Wildman–Crippen LogP) is 3.08. The molecule has 0 N–H and O–H groups in total. The third-order valence-electron chi connectivity index (χ3n) is 4.90. The second kappa shape index (κ2) is 6.70. The Kier molecular flexibility index (Phi) is 4.79. The number of ketones is 1. The quantitative estimate of drug-likeness (QED) is 0.493. The van der Waals surface area contributed by atoms with E-state index >= 15 is 0 Å². The highest BCUT2D eigenvalue weighted by Crippen LogP contribution is 2.33. The number of aromatic nitrogens is 3. The molecule has 0 spiro atoms. The molecule has 148 valence electrons. The minimum absolute atomic E-state index is 0.0844. The van der Waals surface area contributed by atoms with Gasteiger partial charge in [-0.2, -0.15) is 13.5 Å². The lowest BCUT2D eigenvalue weighted by Gasteiger charge is -2.15. The first-order chi connectivity index (χ1) is 12.9. The predicted molar refractivity (Wildman–Crippen MR) is 108 cm³/mol. The summed E-state index contributed by atoms with van der Waals surface area (Å²) in [6, 6.07) is 3.64. The van der Waals surface area contributed by atoms with Gasteiger partial charge >= 0.3 is 10.1 Å². The summed E-state index contributed by atoms with van der Waals surface area (Å²) in [6.07, 6.45) is 0.938. The van der Waals surface area contributed by atoms with Crippen molar-refractivity contribution in [3.05, 3.63) is 51.5 Å². The lowest BCUT2D eigenvalue weighted by molar-refractivity contribution is 0.103. The zero-order valence-electron chi connectivity index (χ0n) is 17.0. The van der Waals surface area contributed by atoms with Gasteiger partial charge in [-0.05, 0) is 51.1 Å². The van der Waals surface area contributed by atoms with E-state index in [1.165, 1.54) is 4.68 Å². The molecule has 3 aromatic rings. The molecule has 0 atom stereocenters. The Balaban J connectivity index is 2.34. The first-order valence-corrected chi connectivity index (χ1v) is 10.6. The number of fused-ring (bicyclic) bond motifs is 1. The minimum atomic E-state index is -3.82. The standard InChI is InChI=1S/C20H23N3O4S/c1-10-8-9-15(17-11(2)12(3)21-13(4)16(10)17)19(24)18-14(5)22-23(6)20(18)27-28(7,25)26/h8-9H,1-7H3. The van der Waals surface area contributed by atoms with Gasteiger partial charge in [0.15, 0.2) is 0 Å². The van der Waals surface area contributed by atoms with Crippen molar-refractivity contribution >= 4 is 26.7 Å². The molecule has 2 aromatic heterocycles. The Bertz CT molecular complexity index is 1240. The van der Waals surface area contributed by atoms with E-state index in [9.17, 15) is 13.2 Å². The van der Waals surface area contributed by atoms with Crippen molar-refractivity contribution in [1.82, 2.24) is 14.8 Å². The van der Waals surface area contributed by atoms with E-state index in [2.05, 4.69) is 10.1 Å². The zero-order valence-corrected chi connectivity index (χ0v) is 17.9. The van der Waals surface area contributed by atoms with E-state index in [0.29, 0.717) is 11.3 Å². The third-order valence-corrected chi connectivity index (χ3v) is 5.36. The number of rotatable bonds is 4. The summed E-state index contributed by atoms with van der Waals surface area (Å²) < 4.78 is 29.7. The van der Waals surface area contributed by atoms with Crippen LogP contribution in [-0.4, -0.2) is 35.2 Å². The number of carbonyl (C=O) groups excluding carboxylic acids is 1. The molecule has 0 amide bonds. The Labute approximate surface area is 164 Å². The molecule has 0 aliphatic heterocycles. The maximum absolute atomic E-state index is 13.5. The molecule has 2 heterocycles. The van der Waals surface area contributed by atoms with Gasteiger partial charge in [0.2, 0.25) is 11.7 Å². The van der Waals surface area contributed by atoms with Crippen molar-refractivity contribution in [2.24, 2.45) is 7.05 Å². The summed E-state index contributed by atoms with van der Waals surface area (Å²) >= 11 is 0. The molecule has 0 radical (unpaired) electrons. The van der Waals surface area contributed by atoms with Gasteiger partial charge in [0.25, 0.3) is 0 Å². The van der Waals surface area contributed by atoms with Crippen LogP contribution >= 0.6 is 0 Å². The highest BCUT2D eigenvalue weighted by Gasteiger charge is 2.27. The van der Waals surface area contributed by atoms with Gasteiger partial charge in [0.05, 0.1) is 11.9 Å². The topological polar surface area (TPSA) is 91.2 Å². The van der Waals surface area contributed by atoms with Crippen LogP contribution in [0.3, 0.4) is 0 Å². The summed E-state index contributed by atoms with van der Waals surface area (Å²) in [4.78, 5) is 18.1. The number of hydrogen-bond donors (Lipinski definition) is 0. The zero-order chi connectivity index (χ0) is 21.0. The van der Waals surface area contributed by atoms with Gasteiger partial charge in [-0.3, -0.25) is 9.78 Å². The smallest absolute Gasteiger partial charge is 0.307 e. The molecule has 0 saturated heterocycles. The molecule has 0 saturated carbocycles. The number of carbonyl (C=O) groups is 1. The Hall–Kier alpha value is -2.74. The molecule has 28 heavy (non-hydrogen) atoms. The number of nitrogens with zero attached hydrogens (tertiary/aromatic N) is 3. The largest absolute Gasteiger partial charge is 0.361 e. The first kappa shape index (κ1) is 20.0. The highest BCUT2D eigenvalue weighted by molar-refractivity contribution is 7.86. The monoisotopic (exact) mass is 401 g/mol. The van der Waals surface area contributed by atoms with Crippen LogP contribution in [0.5, 0.6) is 5.88 Å². The van der Waals surface area contributed by atoms with Crippen LogP contribution in [0, 0.1) is 34.6 Å². The van der Waals surface area contributed by atoms with Crippen molar-refractivity contribution in [3.63, 3.8) is 0 Å². The van der Waals surface area contributed by atoms with Crippen molar-refractivity contribution in [1.29, 1.82) is 0 Å². The molecule has 0 unspecified atom stereocenters. The molecule has 0 aliphatic rings. The van der Waals surface area contributed by atoms with Crippen molar-refractivity contribution < 1.29 is 17.4 Å². The van der Waals surface area contributed by atoms with Gasteiger partial charge in [-0.25, -0.2) is 4.68 Å². The van der Waals surface area contributed by atoms with Crippen LogP contribution in [0.2, 0.25) is 0 Å². The molecular formula is C20H23N3O4S. The fourth-order valence-corrected chi connectivity index (χ4v) is 4.07. The van der Waals surface area contributed by atoms with E-state index in [1.807, 2.05) is 33.8 Å². The number of benzene rings is 1. The van der Waals surface area contributed by atoms with Gasteiger partial charge < -0.3 is 4.18 Å². The lowest BCUT2D eigenvalue weighted by atomic mass is 9.91. The normalized spacial score (nSPS) is 11.8. The molecule has 0 fully saturated rings. The van der Waals surface area contributed by atoms with Gasteiger partial charge in [0, 0.05) is 29.4 Å². The molecule has 0 aliphatic carbocycles. The highest BCUT2D eigenvalue weighted by atomic mass is 32.2. The Morgan fingerprint density at radius 1 is 1.00 bits per heavy atom. The minimum Gasteiger partial charge on any atom is -0.361 e. The van der Waals surface area contributed by atoms with Crippen LogP contribution in [0.1, 0.15) is 44.1 Å². The second-order valence-corrected chi connectivity index (χ2v) is 8.67. The first-order valence-electron chi connectivity index (χ1n) is 8.77. The number of hydrogen-bond acceptors (Lipinski definition) is 6. The maximum atomic E-state index is 13.5. The van der Waals surface area contributed by atoms with Crippen LogP contribution in [-0.2, 0) is 17.2 Å². The average molecular weight is 401 g/mol.